The van der Waals surface area contributed by atoms with E-state index in [1.54, 1.807) is 18.2 Å². The van der Waals surface area contributed by atoms with Crippen molar-refractivity contribution in [3.63, 3.8) is 0 Å². The third kappa shape index (κ3) is 1.66. The molecule has 0 radical (unpaired) electrons. The van der Waals surface area contributed by atoms with E-state index < -0.39 is 16.3 Å². The summed E-state index contributed by atoms with van der Waals surface area (Å²) < 4.78 is 42.8. The fraction of sp³-hybridized carbons (Fsp3) is 0.200. The van der Waals surface area contributed by atoms with Gasteiger partial charge in [-0.3, -0.25) is 0 Å². The monoisotopic (exact) mass is 268 g/mol. The van der Waals surface area contributed by atoms with Crippen LogP contribution in [0.25, 0.3) is 6.08 Å². The zero-order valence-electron chi connectivity index (χ0n) is 7.68. The van der Waals surface area contributed by atoms with Gasteiger partial charge in [0.25, 0.3) is 0 Å². The third-order valence-corrected chi connectivity index (χ3v) is 3.09. The van der Waals surface area contributed by atoms with Crippen molar-refractivity contribution >= 4 is 29.3 Å². The minimum atomic E-state index is -4.78. The van der Waals surface area contributed by atoms with Crippen LogP contribution in [0.4, 0.5) is 13.2 Å². The molecule has 86 valence electrons. The van der Waals surface area contributed by atoms with Gasteiger partial charge in [-0.1, -0.05) is 41.4 Å². The van der Waals surface area contributed by atoms with Crippen LogP contribution >= 0.6 is 23.2 Å². The van der Waals surface area contributed by atoms with Crippen molar-refractivity contribution in [1.82, 2.24) is 0 Å². The molecule has 6 heteroatoms. The summed E-state index contributed by atoms with van der Waals surface area (Å²) in [4.78, 5) is 0. The summed E-state index contributed by atoms with van der Waals surface area (Å²) in [6.45, 7) is 0. The van der Waals surface area contributed by atoms with Gasteiger partial charge in [0, 0.05) is 5.56 Å². The molecule has 1 aliphatic rings. The van der Waals surface area contributed by atoms with Gasteiger partial charge in [0.2, 0.25) is 0 Å². The third-order valence-electron chi connectivity index (χ3n) is 2.12. The van der Waals surface area contributed by atoms with E-state index in [-0.39, 0.29) is 5.75 Å². The van der Waals surface area contributed by atoms with Crippen LogP contribution in [0.2, 0.25) is 0 Å². The first-order valence-electron chi connectivity index (χ1n) is 4.26. The molecule has 1 atom stereocenters. The first-order chi connectivity index (χ1) is 7.34. The average Bonchev–Trinajstić information content (AvgIpc) is 2.18. The molecule has 0 aliphatic carbocycles. The lowest BCUT2D eigenvalue weighted by Gasteiger charge is -2.33. The zero-order valence-corrected chi connectivity index (χ0v) is 9.20. The first kappa shape index (κ1) is 11.6. The molecule has 0 saturated heterocycles. The Kier molecular flexibility index (Phi) is 2.59. The Morgan fingerprint density at radius 2 is 1.81 bits per heavy atom. The highest BCUT2D eigenvalue weighted by Crippen LogP contribution is 2.48. The van der Waals surface area contributed by atoms with Crippen LogP contribution in [0, 0.1) is 0 Å². The quantitative estimate of drug-likeness (QED) is 0.642. The zero-order chi connectivity index (χ0) is 12.0. The highest BCUT2D eigenvalue weighted by Gasteiger charge is 2.60. The van der Waals surface area contributed by atoms with E-state index in [0.29, 0.717) is 5.56 Å². The largest absolute Gasteiger partial charge is 0.457 e. The van der Waals surface area contributed by atoms with Gasteiger partial charge < -0.3 is 4.74 Å². The summed E-state index contributed by atoms with van der Waals surface area (Å²) in [6.07, 6.45) is -3.63. The van der Waals surface area contributed by atoms with Gasteiger partial charge in [-0.05, 0) is 12.1 Å². The Hall–Kier alpha value is -0.870. The lowest BCUT2D eigenvalue weighted by molar-refractivity contribution is -0.199. The maximum absolute atomic E-state index is 12.7. The molecule has 1 aromatic carbocycles. The Labute approximate surface area is 99.4 Å². The van der Waals surface area contributed by atoms with E-state index >= 15 is 0 Å². The number of hydrogen-bond donors (Lipinski definition) is 0. The normalized spacial score (nSPS) is 24.4. The van der Waals surface area contributed by atoms with E-state index in [1.807, 2.05) is 0 Å². The van der Waals surface area contributed by atoms with Crippen LogP contribution in [0.1, 0.15) is 5.56 Å². The SMILES string of the molecule is FC(F)(F)C1(Cl)Oc2ccccc2C=C1Cl. The van der Waals surface area contributed by atoms with Crippen LogP contribution in [-0.4, -0.2) is 11.2 Å². The molecule has 1 aromatic rings. The predicted molar refractivity (Wildman–Crippen MR) is 55.5 cm³/mol. The van der Waals surface area contributed by atoms with Crippen molar-refractivity contribution in [2.24, 2.45) is 0 Å². The highest BCUT2D eigenvalue weighted by atomic mass is 35.5. The highest BCUT2D eigenvalue weighted by molar-refractivity contribution is 6.41. The van der Waals surface area contributed by atoms with E-state index in [0.717, 1.165) is 6.08 Å². The van der Waals surface area contributed by atoms with Gasteiger partial charge in [-0.2, -0.15) is 13.2 Å². The fourth-order valence-corrected chi connectivity index (χ4v) is 1.72. The van der Waals surface area contributed by atoms with E-state index in [2.05, 4.69) is 0 Å². The molecule has 1 nitrogen and oxygen atoms in total. The fourth-order valence-electron chi connectivity index (χ4n) is 1.32. The summed E-state index contributed by atoms with van der Waals surface area (Å²) >= 11 is 10.9. The van der Waals surface area contributed by atoms with Crippen LogP contribution in [-0.2, 0) is 0 Å². The van der Waals surface area contributed by atoms with E-state index in [4.69, 9.17) is 27.9 Å². The lowest BCUT2D eigenvalue weighted by Crippen LogP contribution is -2.46. The van der Waals surface area contributed by atoms with Gasteiger partial charge in [-0.25, -0.2) is 0 Å². The van der Waals surface area contributed by atoms with E-state index in [1.165, 1.54) is 6.07 Å². The van der Waals surface area contributed by atoms with Crippen molar-refractivity contribution < 1.29 is 17.9 Å². The lowest BCUT2D eigenvalue weighted by atomic mass is 10.1. The molecule has 0 amide bonds. The van der Waals surface area contributed by atoms with Crippen LogP contribution in [0.15, 0.2) is 29.3 Å². The van der Waals surface area contributed by atoms with Crippen molar-refractivity contribution in [2.75, 3.05) is 0 Å². The molecule has 1 unspecified atom stereocenters. The second-order valence-corrected chi connectivity index (χ2v) is 4.16. The molecule has 1 heterocycles. The Balaban J connectivity index is 2.52. The summed E-state index contributed by atoms with van der Waals surface area (Å²) in [7, 11) is 0. The van der Waals surface area contributed by atoms with Gasteiger partial charge >= 0.3 is 11.2 Å². The number of halogens is 5. The maximum Gasteiger partial charge on any atom is 0.449 e. The Bertz CT molecular complexity index is 456. The minimum Gasteiger partial charge on any atom is -0.457 e. The molecule has 0 saturated carbocycles. The Morgan fingerprint density at radius 3 is 2.44 bits per heavy atom. The van der Waals surface area contributed by atoms with Crippen molar-refractivity contribution in [3.05, 3.63) is 34.9 Å². The summed E-state index contributed by atoms with van der Waals surface area (Å²) in [6, 6.07) is 6.21. The summed E-state index contributed by atoms with van der Waals surface area (Å²) in [5.41, 5.74) is 0.466. The predicted octanol–water partition coefficient (Wildman–Crippen LogP) is 4.16. The standard InChI is InChI=1S/C10H5Cl2F3O/c11-8-5-6-3-1-2-4-7(6)16-9(8,12)10(13,14)15/h1-5H. The molecule has 0 aromatic heterocycles. The summed E-state index contributed by atoms with van der Waals surface area (Å²) in [5.74, 6) is 0.0548. The molecule has 0 bridgehead atoms. The molecule has 0 N–H and O–H groups in total. The van der Waals surface area contributed by atoms with Gasteiger partial charge in [-0.15, -0.1) is 0 Å². The number of rotatable bonds is 0. The van der Waals surface area contributed by atoms with Gasteiger partial charge in [0.15, 0.2) is 0 Å². The number of para-hydroxylation sites is 1. The number of alkyl halides is 4. The Morgan fingerprint density at radius 1 is 1.19 bits per heavy atom. The number of benzene rings is 1. The van der Waals surface area contributed by atoms with Crippen LogP contribution in [0.3, 0.4) is 0 Å². The van der Waals surface area contributed by atoms with Crippen LogP contribution in [0.5, 0.6) is 5.75 Å². The summed E-state index contributed by atoms with van der Waals surface area (Å²) in [5, 5.41) is -3.58. The second kappa shape index (κ2) is 3.57. The van der Waals surface area contributed by atoms with Crippen LogP contribution < -0.4 is 4.74 Å². The number of hydrogen-bond acceptors (Lipinski definition) is 1. The first-order valence-corrected chi connectivity index (χ1v) is 5.01. The average molecular weight is 269 g/mol. The molecule has 1 aliphatic heterocycles. The van der Waals surface area contributed by atoms with E-state index in [9.17, 15) is 13.2 Å². The van der Waals surface area contributed by atoms with Crippen molar-refractivity contribution in [2.45, 2.75) is 11.2 Å². The van der Waals surface area contributed by atoms with Crippen molar-refractivity contribution in [3.8, 4) is 5.75 Å². The molecule has 16 heavy (non-hydrogen) atoms. The second-order valence-electron chi connectivity index (χ2n) is 3.23. The maximum atomic E-state index is 12.7. The molecule has 0 spiro atoms. The molecular weight excluding hydrogens is 264 g/mol. The minimum absolute atomic E-state index is 0.0548. The molecule has 0 fully saturated rings. The molecule has 2 rings (SSSR count). The molecular formula is C10H5Cl2F3O. The topological polar surface area (TPSA) is 9.23 Å². The number of ether oxygens (including phenoxy) is 1. The number of fused-ring (bicyclic) bond motifs is 1. The van der Waals surface area contributed by atoms with Gasteiger partial charge in [0.1, 0.15) is 5.75 Å². The van der Waals surface area contributed by atoms with Crippen molar-refractivity contribution in [1.29, 1.82) is 0 Å². The smallest absolute Gasteiger partial charge is 0.449 e. The van der Waals surface area contributed by atoms with Gasteiger partial charge in [0.05, 0.1) is 5.03 Å².